The van der Waals surface area contributed by atoms with Crippen molar-refractivity contribution >= 4 is 38.1 Å². The molecule has 0 fully saturated rings. The molecule has 31 heavy (non-hydrogen) atoms. The van der Waals surface area contributed by atoms with Gasteiger partial charge in [-0.2, -0.15) is 0 Å². The molecule has 5 nitrogen and oxygen atoms in total. The van der Waals surface area contributed by atoms with Crippen molar-refractivity contribution in [1.29, 1.82) is 0 Å². The van der Waals surface area contributed by atoms with Gasteiger partial charge in [-0.1, -0.05) is 60.7 Å². The fraction of sp³-hybridized carbons (Fsp3) is 0.0800. The quantitative estimate of drug-likeness (QED) is 0.422. The highest BCUT2D eigenvalue weighted by molar-refractivity contribution is 7.92. The maximum Gasteiger partial charge on any atom is 0.261 e. The number of fused-ring (bicyclic) bond motifs is 1. The minimum Gasteiger partial charge on any atom is -0.326 e. The smallest absolute Gasteiger partial charge is 0.261 e. The predicted molar refractivity (Wildman–Crippen MR) is 125 cm³/mol. The fourth-order valence-electron chi connectivity index (χ4n) is 3.42. The van der Waals surface area contributed by atoms with E-state index in [1.54, 1.807) is 36.4 Å². The summed E-state index contributed by atoms with van der Waals surface area (Å²) in [5.41, 5.74) is 2.18. The molecule has 1 amide bonds. The Kier molecular flexibility index (Phi) is 6.00. The first-order chi connectivity index (χ1) is 15.0. The second kappa shape index (κ2) is 9.02. The van der Waals surface area contributed by atoms with Gasteiger partial charge in [-0.25, -0.2) is 8.42 Å². The molecule has 0 aliphatic carbocycles. The molecule has 4 aromatic carbocycles. The Morgan fingerprint density at radius 3 is 2.16 bits per heavy atom. The topological polar surface area (TPSA) is 75.3 Å². The third kappa shape index (κ3) is 5.10. The van der Waals surface area contributed by atoms with Gasteiger partial charge in [0, 0.05) is 17.8 Å². The predicted octanol–water partition coefficient (Wildman–Crippen LogP) is 5.21. The molecule has 0 aliphatic rings. The maximum atomic E-state index is 12.5. The number of hydrogen-bond donors (Lipinski definition) is 2. The molecule has 0 saturated heterocycles. The van der Waals surface area contributed by atoms with E-state index < -0.39 is 10.0 Å². The van der Waals surface area contributed by atoms with Crippen LogP contribution < -0.4 is 10.0 Å². The van der Waals surface area contributed by atoms with Crippen molar-refractivity contribution in [3.63, 3.8) is 0 Å². The second-order valence-corrected chi connectivity index (χ2v) is 8.86. The number of aryl methyl sites for hydroxylation is 1. The summed E-state index contributed by atoms with van der Waals surface area (Å²) in [6.45, 7) is 0. The van der Waals surface area contributed by atoms with Gasteiger partial charge in [-0.05, 0) is 59.2 Å². The zero-order chi connectivity index (χ0) is 21.7. The molecule has 0 atom stereocenters. The van der Waals surface area contributed by atoms with Crippen LogP contribution >= 0.6 is 0 Å². The van der Waals surface area contributed by atoms with Crippen molar-refractivity contribution in [2.75, 3.05) is 10.0 Å². The van der Waals surface area contributed by atoms with E-state index in [9.17, 15) is 13.2 Å². The number of nitrogens with one attached hydrogen (secondary N) is 2. The van der Waals surface area contributed by atoms with Gasteiger partial charge < -0.3 is 5.32 Å². The van der Waals surface area contributed by atoms with E-state index in [1.165, 1.54) is 12.1 Å². The molecule has 0 saturated carbocycles. The summed E-state index contributed by atoms with van der Waals surface area (Å²) in [7, 11) is -3.69. The Balaban J connectivity index is 1.38. The molecule has 0 bridgehead atoms. The first-order valence-corrected chi connectivity index (χ1v) is 11.4. The lowest BCUT2D eigenvalue weighted by Gasteiger charge is -2.10. The molecular weight excluding hydrogens is 408 g/mol. The zero-order valence-electron chi connectivity index (χ0n) is 16.8. The molecular formula is C25H22N2O3S. The molecule has 0 unspecified atom stereocenters. The molecule has 6 heteroatoms. The molecule has 0 spiro atoms. The summed E-state index contributed by atoms with van der Waals surface area (Å²) in [5, 5.41) is 5.14. The highest BCUT2D eigenvalue weighted by atomic mass is 32.2. The Morgan fingerprint density at radius 2 is 1.39 bits per heavy atom. The number of rotatable bonds is 7. The molecule has 0 radical (unpaired) electrons. The third-order valence-corrected chi connectivity index (χ3v) is 6.37. The molecule has 0 aromatic heterocycles. The number of amides is 1. The first kappa shape index (κ1) is 20.6. The van der Waals surface area contributed by atoms with Crippen LogP contribution in [0.25, 0.3) is 10.8 Å². The van der Waals surface area contributed by atoms with Crippen LogP contribution in [0.15, 0.2) is 102 Å². The molecule has 4 rings (SSSR count). The highest BCUT2D eigenvalue weighted by Gasteiger charge is 2.14. The van der Waals surface area contributed by atoms with Crippen molar-refractivity contribution in [3.8, 4) is 0 Å². The van der Waals surface area contributed by atoms with Gasteiger partial charge in [0.25, 0.3) is 10.0 Å². The highest BCUT2D eigenvalue weighted by Crippen LogP contribution is 2.21. The normalized spacial score (nSPS) is 11.2. The van der Waals surface area contributed by atoms with Gasteiger partial charge in [-0.3, -0.25) is 9.52 Å². The summed E-state index contributed by atoms with van der Waals surface area (Å²) < 4.78 is 27.5. The van der Waals surface area contributed by atoms with Crippen LogP contribution in [0, 0.1) is 0 Å². The Labute approximate surface area is 181 Å². The number of anilines is 2. The van der Waals surface area contributed by atoms with Crippen LogP contribution in [-0.2, 0) is 21.2 Å². The number of benzene rings is 4. The maximum absolute atomic E-state index is 12.5. The lowest BCUT2D eigenvalue weighted by Crippen LogP contribution is -2.14. The van der Waals surface area contributed by atoms with Gasteiger partial charge in [0.2, 0.25) is 5.91 Å². The van der Waals surface area contributed by atoms with Gasteiger partial charge in [-0.15, -0.1) is 0 Å². The molecule has 156 valence electrons. The summed E-state index contributed by atoms with van der Waals surface area (Å²) in [5.74, 6) is -0.119. The van der Waals surface area contributed by atoms with Gasteiger partial charge in [0.05, 0.1) is 4.90 Å². The van der Waals surface area contributed by atoms with Crippen LogP contribution in [0.5, 0.6) is 0 Å². The molecule has 0 aliphatic heterocycles. The Morgan fingerprint density at radius 1 is 0.710 bits per heavy atom. The molecule has 2 N–H and O–H groups in total. The van der Waals surface area contributed by atoms with Gasteiger partial charge in [0.15, 0.2) is 0 Å². The minimum absolute atomic E-state index is 0.119. The zero-order valence-corrected chi connectivity index (χ0v) is 17.6. The second-order valence-electron chi connectivity index (χ2n) is 7.18. The van der Waals surface area contributed by atoms with Crippen LogP contribution in [0.2, 0.25) is 0 Å². The number of sulfonamides is 1. The molecule has 4 aromatic rings. The first-order valence-electron chi connectivity index (χ1n) is 9.96. The summed E-state index contributed by atoms with van der Waals surface area (Å²) >= 11 is 0. The van der Waals surface area contributed by atoms with Crippen molar-refractivity contribution in [3.05, 3.63) is 103 Å². The van der Waals surface area contributed by atoms with Gasteiger partial charge >= 0.3 is 0 Å². The van der Waals surface area contributed by atoms with Crippen LogP contribution in [0.1, 0.15) is 12.0 Å². The van der Waals surface area contributed by atoms with Crippen LogP contribution in [0.4, 0.5) is 11.4 Å². The number of carbonyl (C=O) groups is 1. The van der Waals surface area contributed by atoms with E-state index >= 15 is 0 Å². The number of carbonyl (C=O) groups excluding carboxylic acids is 1. The van der Waals surface area contributed by atoms with Crippen molar-refractivity contribution < 1.29 is 13.2 Å². The van der Waals surface area contributed by atoms with Crippen molar-refractivity contribution in [2.45, 2.75) is 17.7 Å². The van der Waals surface area contributed by atoms with E-state index in [4.69, 9.17) is 0 Å². The minimum atomic E-state index is -3.69. The Hall–Kier alpha value is -3.64. The lowest BCUT2D eigenvalue weighted by atomic mass is 10.0. The average Bonchev–Trinajstić information content (AvgIpc) is 2.78. The average molecular weight is 431 g/mol. The van der Waals surface area contributed by atoms with E-state index in [1.807, 2.05) is 30.3 Å². The van der Waals surface area contributed by atoms with E-state index in [0.717, 1.165) is 16.3 Å². The number of hydrogen-bond acceptors (Lipinski definition) is 3. The van der Waals surface area contributed by atoms with Crippen LogP contribution in [-0.4, -0.2) is 14.3 Å². The molecule has 0 heterocycles. The van der Waals surface area contributed by atoms with E-state index in [-0.39, 0.29) is 10.8 Å². The summed E-state index contributed by atoms with van der Waals surface area (Å²) in [6, 6.07) is 29.0. The summed E-state index contributed by atoms with van der Waals surface area (Å²) in [6.07, 6.45) is 0.963. The van der Waals surface area contributed by atoms with E-state index in [2.05, 4.69) is 28.2 Å². The van der Waals surface area contributed by atoms with Crippen LogP contribution in [0.3, 0.4) is 0 Å². The van der Waals surface area contributed by atoms with Crippen molar-refractivity contribution in [1.82, 2.24) is 0 Å². The van der Waals surface area contributed by atoms with Crippen molar-refractivity contribution in [2.24, 2.45) is 0 Å². The monoisotopic (exact) mass is 430 g/mol. The SMILES string of the molecule is O=C(CCc1cccc2ccccc12)Nc1ccc(S(=O)(=O)Nc2ccccc2)cc1. The fourth-order valence-corrected chi connectivity index (χ4v) is 4.48. The summed E-state index contributed by atoms with van der Waals surface area (Å²) in [4.78, 5) is 12.5. The largest absolute Gasteiger partial charge is 0.326 e. The third-order valence-electron chi connectivity index (χ3n) is 4.98. The Bertz CT molecular complexity index is 1300. The van der Waals surface area contributed by atoms with Gasteiger partial charge in [0.1, 0.15) is 0 Å². The number of para-hydroxylation sites is 1. The van der Waals surface area contributed by atoms with E-state index in [0.29, 0.717) is 24.2 Å². The lowest BCUT2D eigenvalue weighted by molar-refractivity contribution is -0.116. The standard InChI is InChI=1S/C25H22N2O3S/c28-25(18-13-20-9-6-8-19-7-4-5-12-24(19)20)26-21-14-16-23(17-15-21)31(29,30)27-22-10-2-1-3-11-22/h1-12,14-17,27H,13,18H2,(H,26,28).